The van der Waals surface area contributed by atoms with E-state index in [2.05, 4.69) is 0 Å². The molecule has 0 aromatic heterocycles. The lowest BCUT2D eigenvalue weighted by molar-refractivity contribution is 0.0477. The molecule has 108 valence electrons. The minimum Gasteiger partial charge on any atom is -0.460 e. The van der Waals surface area contributed by atoms with Crippen molar-refractivity contribution < 1.29 is 23.3 Å². The second-order valence-corrected chi connectivity index (χ2v) is 5.60. The number of hydrogen-bond donors (Lipinski definition) is 0. The molecule has 0 aliphatic carbocycles. The number of hydrogen-bond acceptors (Lipinski definition) is 5. The zero-order valence-electron chi connectivity index (χ0n) is 11.0. The molecule has 0 saturated carbocycles. The highest BCUT2D eigenvalue weighted by molar-refractivity contribution is 7.84. The second-order valence-electron chi connectivity index (χ2n) is 4.22. The van der Waals surface area contributed by atoms with Crippen molar-refractivity contribution in [2.24, 2.45) is 0 Å². The number of cyclic esters (lactones) is 1. The molecule has 7 heteroatoms. The van der Waals surface area contributed by atoms with E-state index in [0.717, 1.165) is 0 Å². The Morgan fingerprint density at radius 2 is 2.10 bits per heavy atom. The van der Waals surface area contributed by atoms with E-state index in [-0.39, 0.29) is 12.7 Å². The molecule has 1 aliphatic rings. The molecule has 1 aromatic rings. The van der Waals surface area contributed by atoms with E-state index in [9.17, 15) is 13.8 Å². The van der Waals surface area contributed by atoms with Gasteiger partial charge in [0.1, 0.15) is 13.2 Å². The minimum absolute atomic E-state index is 0.120. The van der Waals surface area contributed by atoms with Crippen molar-refractivity contribution in [1.29, 1.82) is 0 Å². The Kier molecular flexibility index (Phi) is 4.73. The summed E-state index contributed by atoms with van der Waals surface area (Å²) in [5.41, 5.74) is 0.392. The van der Waals surface area contributed by atoms with E-state index in [4.69, 9.17) is 9.47 Å². The molecule has 0 radical (unpaired) electrons. The zero-order valence-corrected chi connectivity index (χ0v) is 11.9. The Morgan fingerprint density at radius 1 is 1.40 bits per heavy atom. The van der Waals surface area contributed by atoms with E-state index < -0.39 is 16.8 Å². The first-order chi connectivity index (χ1) is 9.58. The quantitative estimate of drug-likeness (QED) is 0.759. The lowest BCUT2D eigenvalue weighted by Crippen LogP contribution is -2.29. The fraction of sp³-hybridized carbons (Fsp3) is 0.385. The fourth-order valence-corrected chi connectivity index (χ4v) is 2.26. The van der Waals surface area contributed by atoms with Gasteiger partial charge in [-0.1, -0.05) is 0 Å². The van der Waals surface area contributed by atoms with Gasteiger partial charge in [0.25, 0.3) is 0 Å². The maximum Gasteiger partial charge on any atom is 0.410 e. The predicted octanol–water partition coefficient (Wildman–Crippen LogP) is 1.03. The van der Waals surface area contributed by atoms with Crippen LogP contribution in [0.5, 0.6) is 0 Å². The standard InChI is InChI=1S/C13H15NO5S/c1-20(17)11-4-2-10(3-5-11)12(15)18-8-6-14-7-9-19-13(14)16/h2-5H,6-9H2,1H3/t20-/m0/s1. The van der Waals surface area contributed by atoms with Crippen LogP contribution in [-0.2, 0) is 20.3 Å². The summed E-state index contributed by atoms with van der Waals surface area (Å²) < 4.78 is 21.1. The monoisotopic (exact) mass is 297 g/mol. The summed E-state index contributed by atoms with van der Waals surface area (Å²) >= 11 is 0. The van der Waals surface area contributed by atoms with Gasteiger partial charge in [0.15, 0.2) is 0 Å². The van der Waals surface area contributed by atoms with Crippen LogP contribution >= 0.6 is 0 Å². The highest BCUT2D eigenvalue weighted by Gasteiger charge is 2.21. The molecule has 0 bridgehead atoms. The Hall–Kier alpha value is -1.89. The molecule has 1 aliphatic heterocycles. The number of ether oxygens (including phenoxy) is 2. The first-order valence-corrected chi connectivity index (χ1v) is 7.66. The van der Waals surface area contributed by atoms with Gasteiger partial charge in [-0.15, -0.1) is 0 Å². The van der Waals surface area contributed by atoms with Crippen molar-refractivity contribution in [2.75, 3.05) is 32.6 Å². The fourth-order valence-electron chi connectivity index (χ4n) is 1.74. The van der Waals surface area contributed by atoms with Crippen molar-refractivity contribution >= 4 is 22.9 Å². The van der Waals surface area contributed by atoms with Crippen LogP contribution in [0.1, 0.15) is 10.4 Å². The smallest absolute Gasteiger partial charge is 0.410 e. The molecule has 1 heterocycles. The van der Waals surface area contributed by atoms with Gasteiger partial charge in [-0.2, -0.15) is 0 Å². The molecule has 0 spiro atoms. The van der Waals surface area contributed by atoms with Crippen molar-refractivity contribution in [2.45, 2.75) is 4.90 Å². The lowest BCUT2D eigenvalue weighted by Gasteiger charge is -2.12. The molecule has 1 fully saturated rings. The molecular formula is C13H15NO5S. The van der Waals surface area contributed by atoms with E-state index in [0.29, 0.717) is 30.2 Å². The van der Waals surface area contributed by atoms with Gasteiger partial charge in [0, 0.05) is 22.0 Å². The topological polar surface area (TPSA) is 72.9 Å². The number of esters is 1. The van der Waals surface area contributed by atoms with Crippen LogP contribution in [0.25, 0.3) is 0 Å². The minimum atomic E-state index is -1.07. The van der Waals surface area contributed by atoms with Crippen LogP contribution in [0.2, 0.25) is 0 Å². The number of benzene rings is 1. The highest BCUT2D eigenvalue weighted by Crippen LogP contribution is 2.09. The van der Waals surface area contributed by atoms with Gasteiger partial charge < -0.3 is 14.4 Å². The van der Waals surface area contributed by atoms with Gasteiger partial charge in [-0.05, 0) is 24.3 Å². The molecule has 1 saturated heterocycles. The summed E-state index contributed by atoms with van der Waals surface area (Å²) in [6.07, 6.45) is 1.19. The predicted molar refractivity (Wildman–Crippen MR) is 72.0 cm³/mol. The van der Waals surface area contributed by atoms with Crippen LogP contribution in [0, 0.1) is 0 Å². The molecule has 1 amide bonds. The third-order valence-corrected chi connectivity index (χ3v) is 3.80. The maximum absolute atomic E-state index is 11.7. The van der Waals surface area contributed by atoms with Crippen molar-refractivity contribution in [3.05, 3.63) is 29.8 Å². The molecule has 6 nitrogen and oxygen atoms in total. The summed E-state index contributed by atoms with van der Waals surface area (Å²) in [6.45, 7) is 1.34. The molecule has 1 atom stereocenters. The SMILES string of the molecule is C[S@](=O)c1ccc(C(=O)OCCN2CCOC2=O)cc1. The maximum atomic E-state index is 11.7. The third kappa shape index (κ3) is 3.57. The molecule has 1 aromatic carbocycles. The van der Waals surface area contributed by atoms with Crippen molar-refractivity contribution in [3.63, 3.8) is 0 Å². The summed E-state index contributed by atoms with van der Waals surface area (Å²) in [5, 5.41) is 0. The summed E-state index contributed by atoms with van der Waals surface area (Å²) in [4.78, 5) is 25.0. The number of carbonyl (C=O) groups excluding carboxylic acids is 2. The van der Waals surface area contributed by atoms with Gasteiger partial charge in [-0.3, -0.25) is 4.21 Å². The highest BCUT2D eigenvalue weighted by atomic mass is 32.2. The largest absolute Gasteiger partial charge is 0.460 e. The number of amides is 1. The van der Waals surface area contributed by atoms with E-state index in [1.54, 1.807) is 30.5 Å². The van der Waals surface area contributed by atoms with Crippen LogP contribution in [0.3, 0.4) is 0 Å². The Bertz CT molecular complexity index is 528. The van der Waals surface area contributed by atoms with Crippen LogP contribution in [0.15, 0.2) is 29.2 Å². The summed E-state index contributed by atoms with van der Waals surface area (Å²) in [7, 11) is -1.07. The van der Waals surface area contributed by atoms with Gasteiger partial charge >= 0.3 is 12.1 Å². The average molecular weight is 297 g/mol. The van der Waals surface area contributed by atoms with E-state index in [1.807, 2.05) is 0 Å². The average Bonchev–Trinajstić information content (AvgIpc) is 2.84. The van der Waals surface area contributed by atoms with Crippen LogP contribution in [0.4, 0.5) is 4.79 Å². The van der Waals surface area contributed by atoms with Gasteiger partial charge in [0.2, 0.25) is 0 Å². The Morgan fingerprint density at radius 3 is 2.65 bits per heavy atom. The first kappa shape index (κ1) is 14.5. The normalized spacial score (nSPS) is 15.8. The van der Waals surface area contributed by atoms with Gasteiger partial charge in [-0.25, -0.2) is 9.59 Å². The number of nitrogens with zero attached hydrogens (tertiary/aromatic N) is 1. The molecule has 2 rings (SSSR count). The molecule has 20 heavy (non-hydrogen) atoms. The van der Waals surface area contributed by atoms with Crippen LogP contribution < -0.4 is 0 Å². The van der Waals surface area contributed by atoms with E-state index in [1.165, 1.54) is 4.90 Å². The van der Waals surface area contributed by atoms with Gasteiger partial charge in [0.05, 0.1) is 18.7 Å². The second kappa shape index (κ2) is 6.51. The first-order valence-electron chi connectivity index (χ1n) is 6.10. The van der Waals surface area contributed by atoms with Crippen molar-refractivity contribution in [3.8, 4) is 0 Å². The number of carbonyl (C=O) groups is 2. The third-order valence-electron chi connectivity index (χ3n) is 2.86. The molecule has 0 unspecified atom stereocenters. The van der Waals surface area contributed by atoms with E-state index >= 15 is 0 Å². The van der Waals surface area contributed by atoms with Crippen molar-refractivity contribution in [1.82, 2.24) is 4.90 Å². The summed E-state index contributed by atoms with van der Waals surface area (Å²) in [6, 6.07) is 6.40. The number of rotatable bonds is 5. The zero-order chi connectivity index (χ0) is 14.5. The molecular weight excluding hydrogens is 282 g/mol. The lowest BCUT2D eigenvalue weighted by atomic mass is 10.2. The summed E-state index contributed by atoms with van der Waals surface area (Å²) in [5.74, 6) is -0.467. The molecule has 0 N–H and O–H groups in total. The Balaban J connectivity index is 1.82. The van der Waals surface area contributed by atoms with Crippen LogP contribution in [-0.4, -0.2) is 53.7 Å². The Labute approximate surface area is 119 Å².